The summed E-state index contributed by atoms with van der Waals surface area (Å²) in [6.07, 6.45) is 0. The maximum absolute atomic E-state index is 11.8. The summed E-state index contributed by atoms with van der Waals surface area (Å²) in [5, 5.41) is 10.4. The van der Waals surface area contributed by atoms with Crippen molar-refractivity contribution in [3.8, 4) is 28.3 Å². The van der Waals surface area contributed by atoms with Gasteiger partial charge < -0.3 is 10.1 Å². The molecule has 3 rings (SSSR count). The van der Waals surface area contributed by atoms with Gasteiger partial charge in [0.1, 0.15) is 5.75 Å². The number of benzene rings is 2. The van der Waals surface area contributed by atoms with Gasteiger partial charge in [0.05, 0.1) is 11.4 Å². The van der Waals surface area contributed by atoms with Gasteiger partial charge in [0.2, 0.25) is 0 Å². The zero-order chi connectivity index (χ0) is 14.8. The van der Waals surface area contributed by atoms with Crippen LogP contribution in [0.25, 0.3) is 22.5 Å². The van der Waals surface area contributed by atoms with E-state index >= 15 is 0 Å². The standard InChI is InChI=1S/C16H11ClN2O2/c17-11-6-7-15(20)12(8-11)14-9-13(18-16(21)19-14)10-4-2-1-3-5-10/h1-9,20H,(H,18,19,21). The summed E-state index contributed by atoms with van der Waals surface area (Å²) < 4.78 is 0. The van der Waals surface area contributed by atoms with Gasteiger partial charge >= 0.3 is 5.69 Å². The Morgan fingerprint density at radius 1 is 1.05 bits per heavy atom. The fourth-order valence-corrected chi connectivity index (χ4v) is 2.26. The molecule has 0 saturated heterocycles. The second-order valence-electron chi connectivity index (χ2n) is 4.51. The van der Waals surface area contributed by atoms with Crippen LogP contribution >= 0.6 is 11.6 Å². The molecule has 0 atom stereocenters. The summed E-state index contributed by atoms with van der Waals surface area (Å²) in [7, 11) is 0. The lowest BCUT2D eigenvalue weighted by Crippen LogP contribution is -2.11. The van der Waals surface area contributed by atoms with Gasteiger partial charge in [0.25, 0.3) is 0 Å². The molecule has 0 saturated carbocycles. The number of nitrogens with one attached hydrogen (secondary N) is 1. The number of aromatic amines is 1. The second-order valence-corrected chi connectivity index (χ2v) is 4.95. The molecular weight excluding hydrogens is 288 g/mol. The van der Waals surface area contributed by atoms with Gasteiger partial charge in [0, 0.05) is 16.1 Å². The Balaban J connectivity index is 2.19. The Morgan fingerprint density at radius 3 is 2.57 bits per heavy atom. The molecule has 0 radical (unpaired) electrons. The molecule has 0 aliphatic carbocycles. The molecule has 1 heterocycles. The molecule has 1 aromatic heterocycles. The van der Waals surface area contributed by atoms with Gasteiger partial charge in [-0.2, -0.15) is 4.98 Å². The van der Waals surface area contributed by atoms with E-state index in [0.29, 0.717) is 22.0 Å². The van der Waals surface area contributed by atoms with Crippen molar-refractivity contribution in [1.29, 1.82) is 0 Å². The quantitative estimate of drug-likeness (QED) is 0.761. The first-order valence-electron chi connectivity index (χ1n) is 6.29. The Labute approximate surface area is 125 Å². The van der Waals surface area contributed by atoms with E-state index in [1.807, 2.05) is 30.3 Å². The first-order chi connectivity index (χ1) is 10.1. The van der Waals surface area contributed by atoms with Crippen molar-refractivity contribution in [1.82, 2.24) is 9.97 Å². The topological polar surface area (TPSA) is 66.0 Å². The van der Waals surface area contributed by atoms with Gasteiger partial charge in [-0.15, -0.1) is 0 Å². The van der Waals surface area contributed by atoms with Crippen LogP contribution in [-0.2, 0) is 0 Å². The molecule has 3 aromatic rings. The maximum atomic E-state index is 11.8. The molecule has 0 bridgehead atoms. The predicted molar refractivity (Wildman–Crippen MR) is 82.4 cm³/mol. The molecule has 4 nitrogen and oxygen atoms in total. The summed E-state index contributed by atoms with van der Waals surface area (Å²) in [6.45, 7) is 0. The zero-order valence-corrected chi connectivity index (χ0v) is 11.6. The monoisotopic (exact) mass is 298 g/mol. The summed E-state index contributed by atoms with van der Waals surface area (Å²) in [4.78, 5) is 18.3. The minimum Gasteiger partial charge on any atom is -0.507 e. The number of aromatic hydroxyl groups is 1. The normalized spacial score (nSPS) is 10.5. The summed E-state index contributed by atoms with van der Waals surface area (Å²) in [6, 6.07) is 15.7. The first kappa shape index (κ1) is 13.4. The number of hydrogen-bond acceptors (Lipinski definition) is 3. The number of phenols is 1. The summed E-state index contributed by atoms with van der Waals surface area (Å²) in [5.74, 6) is 0.0419. The highest BCUT2D eigenvalue weighted by atomic mass is 35.5. The molecular formula is C16H11ClN2O2. The van der Waals surface area contributed by atoms with Gasteiger partial charge in [-0.1, -0.05) is 41.9 Å². The van der Waals surface area contributed by atoms with Crippen molar-refractivity contribution < 1.29 is 5.11 Å². The molecule has 0 unspecified atom stereocenters. The molecule has 0 amide bonds. The number of aromatic nitrogens is 2. The highest BCUT2D eigenvalue weighted by Gasteiger charge is 2.09. The minimum atomic E-state index is -0.481. The van der Waals surface area contributed by atoms with Crippen molar-refractivity contribution in [2.24, 2.45) is 0 Å². The van der Waals surface area contributed by atoms with E-state index in [0.717, 1.165) is 5.56 Å². The second kappa shape index (κ2) is 5.42. The Hall–Kier alpha value is -2.59. The van der Waals surface area contributed by atoms with E-state index in [1.165, 1.54) is 6.07 Å². The molecule has 0 fully saturated rings. The third-order valence-electron chi connectivity index (χ3n) is 3.06. The van der Waals surface area contributed by atoms with E-state index in [1.54, 1.807) is 18.2 Å². The fourth-order valence-electron chi connectivity index (χ4n) is 2.08. The van der Waals surface area contributed by atoms with Gasteiger partial charge in [-0.3, -0.25) is 0 Å². The predicted octanol–water partition coefficient (Wildman–Crippen LogP) is 3.46. The average molecular weight is 299 g/mol. The van der Waals surface area contributed by atoms with Crippen LogP contribution in [0.5, 0.6) is 5.75 Å². The molecule has 0 spiro atoms. The molecule has 2 N–H and O–H groups in total. The number of H-pyrrole nitrogens is 1. The van der Waals surface area contributed by atoms with E-state index in [4.69, 9.17) is 11.6 Å². The first-order valence-corrected chi connectivity index (χ1v) is 6.67. The largest absolute Gasteiger partial charge is 0.507 e. The number of rotatable bonds is 2. The van der Waals surface area contributed by atoms with Crippen LogP contribution in [0.2, 0.25) is 5.02 Å². The smallest absolute Gasteiger partial charge is 0.345 e. The van der Waals surface area contributed by atoms with Crippen LogP contribution in [0.1, 0.15) is 0 Å². The van der Waals surface area contributed by atoms with Gasteiger partial charge in [0.15, 0.2) is 0 Å². The van der Waals surface area contributed by atoms with Crippen molar-refractivity contribution in [2.45, 2.75) is 0 Å². The Kier molecular flexibility index (Phi) is 3.46. The van der Waals surface area contributed by atoms with Gasteiger partial charge in [-0.25, -0.2) is 4.79 Å². The van der Waals surface area contributed by atoms with E-state index < -0.39 is 5.69 Å². The van der Waals surface area contributed by atoms with Crippen LogP contribution in [0.4, 0.5) is 0 Å². The van der Waals surface area contributed by atoms with E-state index in [9.17, 15) is 9.90 Å². The summed E-state index contributed by atoms with van der Waals surface area (Å²) in [5.41, 5.74) is 1.80. The molecule has 21 heavy (non-hydrogen) atoms. The highest BCUT2D eigenvalue weighted by molar-refractivity contribution is 6.30. The van der Waals surface area contributed by atoms with Gasteiger partial charge in [-0.05, 0) is 24.3 Å². The van der Waals surface area contributed by atoms with Crippen LogP contribution in [0.15, 0.2) is 59.4 Å². The number of phenolic OH excluding ortho intramolecular Hbond substituents is 1. The summed E-state index contributed by atoms with van der Waals surface area (Å²) >= 11 is 5.94. The van der Waals surface area contributed by atoms with Crippen molar-refractivity contribution in [3.05, 3.63) is 70.1 Å². The van der Waals surface area contributed by atoms with Crippen LogP contribution in [0, 0.1) is 0 Å². The number of halogens is 1. The van der Waals surface area contributed by atoms with Crippen LogP contribution in [0.3, 0.4) is 0 Å². The lowest BCUT2D eigenvalue weighted by molar-refractivity contribution is 0.477. The van der Waals surface area contributed by atoms with Crippen molar-refractivity contribution in [2.75, 3.05) is 0 Å². The zero-order valence-electron chi connectivity index (χ0n) is 10.9. The molecule has 2 aromatic carbocycles. The molecule has 0 aliphatic heterocycles. The lowest BCUT2D eigenvalue weighted by Gasteiger charge is -2.07. The maximum Gasteiger partial charge on any atom is 0.345 e. The van der Waals surface area contributed by atoms with Crippen LogP contribution < -0.4 is 5.69 Å². The lowest BCUT2D eigenvalue weighted by atomic mass is 10.1. The Bertz CT molecular complexity index is 844. The van der Waals surface area contributed by atoms with Crippen LogP contribution in [-0.4, -0.2) is 15.1 Å². The fraction of sp³-hybridized carbons (Fsp3) is 0. The van der Waals surface area contributed by atoms with Crippen molar-refractivity contribution in [3.63, 3.8) is 0 Å². The van der Waals surface area contributed by atoms with Crippen molar-refractivity contribution >= 4 is 11.6 Å². The Morgan fingerprint density at radius 2 is 1.81 bits per heavy atom. The molecule has 104 valence electrons. The van der Waals surface area contributed by atoms with E-state index in [2.05, 4.69) is 9.97 Å². The molecule has 5 heteroatoms. The van der Waals surface area contributed by atoms with E-state index in [-0.39, 0.29) is 5.75 Å². The third kappa shape index (κ3) is 2.80. The SMILES string of the molecule is O=c1nc(-c2ccccc2)cc(-c2cc(Cl)ccc2O)[nH]1. The number of hydrogen-bond donors (Lipinski definition) is 2. The third-order valence-corrected chi connectivity index (χ3v) is 3.30. The minimum absolute atomic E-state index is 0.0419. The highest BCUT2D eigenvalue weighted by Crippen LogP contribution is 2.31. The molecule has 0 aliphatic rings. The number of nitrogens with zero attached hydrogens (tertiary/aromatic N) is 1. The average Bonchev–Trinajstić information content (AvgIpc) is 2.50.